The summed E-state index contributed by atoms with van der Waals surface area (Å²) in [6.07, 6.45) is 3.91. The lowest BCUT2D eigenvalue weighted by Gasteiger charge is -2.01. The van der Waals surface area contributed by atoms with Crippen LogP contribution in [0.4, 0.5) is 5.69 Å². The van der Waals surface area contributed by atoms with Crippen LogP contribution in [0.5, 0.6) is 0 Å². The molecule has 0 saturated heterocycles. The first kappa shape index (κ1) is 11.3. The number of hydrogen-bond acceptors (Lipinski definition) is 1. The van der Waals surface area contributed by atoms with Crippen molar-refractivity contribution < 1.29 is 9.36 Å². The second-order valence-electron chi connectivity index (χ2n) is 3.93. The van der Waals surface area contributed by atoms with Gasteiger partial charge in [-0.05, 0) is 0 Å². The molecule has 1 amide bonds. The van der Waals surface area contributed by atoms with Crippen molar-refractivity contribution in [3.05, 3.63) is 60.4 Å². The van der Waals surface area contributed by atoms with Gasteiger partial charge >= 0.3 is 0 Å². The SMILES string of the molecule is CC(=O)Nc1cc[n+](Cc2ccccc2)cc1. The highest BCUT2D eigenvalue weighted by Crippen LogP contribution is 2.03. The summed E-state index contributed by atoms with van der Waals surface area (Å²) in [4.78, 5) is 10.9. The molecule has 0 aliphatic rings. The zero-order valence-corrected chi connectivity index (χ0v) is 9.76. The van der Waals surface area contributed by atoms with E-state index < -0.39 is 0 Å². The molecule has 1 heterocycles. The zero-order chi connectivity index (χ0) is 12.1. The number of nitrogens with zero attached hydrogens (tertiary/aromatic N) is 1. The van der Waals surface area contributed by atoms with E-state index in [0.717, 1.165) is 12.2 Å². The molecule has 0 unspecified atom stereocenters. The van der Waals surface area contributed by atoms with Gasteiger partial charge in [0.05, 0.1) is 5.69 Å². The molecule has 3 heteroatoms. The molecule has 0 radical (unpaired) electrons. The molecule has 0 aliphatic carbocycles. The molecule has 3 nitrogen and oxygen atoms in total. The van der Waals surface area contributed by atoms with Crippen molar-refractivity contribution in [2.24, 2.45) is 0 Å². The fourth-order valence-electron chi connectivity index (χ4n) is 1.64. The van der Waals surface area contributed by atoms with Crippen LogP contribution in [0.3, 0.4) is 0 Å². The van der Waals surface area contributed by atoms with Crippen molar-refractivity contribution in [3.63, 3.8) is 0 Å². The molecule has 0 saturated carbocycles. The maximum Gasteiger partial charge on any atom is 0.221 e. The summed E-state index contributed by atoms with van der Waals surface area (Å²) in [5, 5.41) is 2.74. The van der Waals surface area contributed by atoms with Crippen LogP contribution in [0.25, 0.3) is 0 Å². The van der Waals surface area contributed by atoms with Crippen molar-refractivity contribution in [3.8, 4) is 0 Å². The summed E-state index contributed by atoms with van der Waals surface area (Å²) in [5.74, 6) is -0.0502. The highest BCUT2D eigenvalue weighted by atomic mass is 16.1. The smallest absolute Gasteiger partial charge is 0.221 e. The number of hydrogen-bond donors (Lipinski definition) is 1. The van der Waals surface area contributed by atoms with E-state index in [1.807, 2.05) is 42.7 Å². The van der Waals surface area contributed by atoms with Gasteiger partial charge < -0.3 is 5.32 Å². The first-order valence-corrected chi connectivity index (χ1v) is 5.55. The number of benzene rings is 1. The maximum absolute atomic E-state index is 10.9. The van der Waals surface area contributed by atoms with Crippen molar-refractivity contribution in [2.45, 2.75) is 13.5 Å². The van der Waals surface area contributed by atoms with Crippen molar-refractivity contribution in [2.75, 3.05) is 5.32 Å². The second-order valence-corrected chi connectivity index (χ2v) is 3.93. The number of nitrogens with one attached hydrogen (secondary N) is 1. The van der Waals surface area contributed by atoms with Crippen LogP contribution in [-0.2, 0) is 11.3 Å². The van der Waals surface area contributed by atoms with Gasteiger partial charge in [-0.1, -0.05) is 30.3 Å². The van der Waals surface area contributed by atoms with Crippen LogP contribution in [0.15, 0.2) is 54.9 Å². The van der Waals surface area contributed by atoms with Gasteiger partial charge in [-0.3, -0.25) is 4.79 Å². The number of rotatable bonds is 3. The van der Waals surface area contributed by atoms with E-state index in [2.05, 4.69) is 22.0 Å². The Bertz CT molecular complexity index is 491. The third-order valence-electron chi connectivity index (χ3n) is 2.42. The van der Waals surface area contributed by atoms with Gasteiger partial charge in [-0.25, -0.2) is 4.57 Å². The largest absolute Gasteiger partial charge is 0.326 e. The lowest BCUT2D eigenvalue weighted by Crippen LogP contribution is -2.33. The van der Waals surface area contributed by atoms with Crippen molar-refractivity contribution >= 4 is 11.6 Å². The average molecular weight is 227 g/mol. The Labute approximate surface area is 101 Å². The summed E-state index contributed by atoms with van der Waals surface area (Å²) in [6.45, 7) is 2.34. The molecule has 2 rings (SSSR count). The molecule has 0 fully saturated rings. The van der Waals surface area contributed by atoms with Gasteiger partial charge in [-0.2, -0.15) is 0 Å². The molecule has 0 atom stereocenters. The van der Waals surface area contributed by atoms with Crippen LogP contribution in [0, 0.1) is 0 Å². The quantitative estimate of drug-likeness (QED) is 0.799. The zero-order valence-electron chi connectivity index (χ0n) is 9.76. The third-order valence-corrected chi connectivity index (χ3v) is 2.42. The number of anilines is 1. The van der Waals surface area contributed by atoms with E-state index in [0.29, 0.717) is 0 Å². The molecule has 0 spiro atoms. The van der Waals surface area contributed by atoms with Gasteiger partial charge in [0.2, 0.25) is 5.91 Å². The fourth-order valence-corrected chi connectivity index (χ4v) is 1.64. The molecule has 1 N–H and O–H groups in total. The summed E-state index contributed by atoms with van der Waals surface area (Å²) in [6, 6.07) is 14.0. The monoisotopic (exact) mass is 227 g/mol. The normalized spacial score (nSPS) is 9.94. The molecule has 2 aromatic rings. The molecule has 0 aliphatic heterocycles. The van der Waals surface area contributed by atoms with Crippen molar-refractivity contribution in [1.29, 1.82) is 0 Å². The Morgan fingerprint density at radius 2 is 1.76 bits per heavy atom. The second kappa shape index (κ2) is 5.25. The summed E-state index contributed by atoms with van der Waals surface area (Å²) < 4.78 is 2.07. The van der Waals surface area contributed by atoms with Gasteiger partial charge in [0, 0.05) is 24.6 Å². The topological polar surface area (TPSA) is 33.0 Å². The van der Waals surface area contributed by atoms with Gasteiger partial charge in [-0.15, -0.1) is 0 Å². The Kier molecular flexibility index (Phi) is 3.50. The first-order valence-electron chi connectivity index (χ1n) is 5.55. The molecule has 1 aromatic heterocycles. The van der Waals surface area contributed by atoms with E-state index in [4.69, 9.17) is 0 Å². The molecular formula is C14H15N2O+. The van der Waals surface area contributed by atoms with E-state index in [-0.39, 0.29) is 5.91 Å². The van der Waals surface area contributed by atoms with E-state index in [9.17, 15) is 4.79 Å². The number of pyridine rings is 1. The van der Waals surface area contributed by atoms with Crippen LogP contribution in [0.2, 0.25) is 0 Å². The number of aromatic nitrogens is 1. The van der Waals surface area contributed by atoms with Gasteiger partial charge in [0.15, 0.2) is 18.9 Å². The summed E-state index contributed by atoms with van der Waals surface area (Å²) in [5.41, 5.74) is 2.08. The maximum atomic E-state index is 10.9. The number of carbonyl (C=O) groups is 1. The highest BCUT2D eigenvalue weighted by Gasteiger charge is 2.02. The first-order chi connectivity index (χ1) is 8.24. The summed E-state index contributed by atoms with van der Waals surface area (Å²) >= 11 is 0. The minimum Gasteiger partial charge on any atom is -0.326 e. The number of amides is 1. The van der Waals surface area contributed by atoms with E-state index in [1.165, 1.54) is 12.5 Å². The summed E-state index contributed by atoms with van der Waals surface area (Å²) in [7, 11) is 0. The predicted octanol–water partition coefficient (Wildman–Crippen LogP) is 1.98. The molecular weight excluding hydrogens is 212 g/mol. The minimum atomic E-state index is -0.0502. The molecule has 0 bridgehead atoms. The van der Waals surface area contributed by atoms with Gasteiger partial charge in [0.1, 0.15) is 0 Å². The van der Waals surface area contributed by atoms with Crippen LogP contribution in [0.1, 0.15) is 12.5 Å². The third kappa shape index (κ3) is 3.41. The van der Waals surface area contributed by atoms with Crippen LogP contribution < -0.4 is 9.88 Å². The standard InChI is InChI=1S/C14H14N2O/c1-12(17)15-14-7-9-16(10-8-14)11-13-5-3-2-4-6-13/h2-10H,11H2,1H3/p+1. The molecule has 1 aromatic carbocycles. The van der Waals surface area contributed by atoms with Gasteiger partial charge in [0.25, 0.3) is 0 Å². The fraction of sp³-hybridized carbons (Fsp3) is 0.143. The Hall–Kier alpha value is -2.16. The lowest BCUT2D eigenvalue weighted by atomic mass is 10.2. The van der Waals surface area contributed by atoms with E-state index in [1.54, 1.807) is 0 Å². The predicted molar refractivity (Wildman–Crippen MR) is 66.5 cm³/mol. The Morgan fingerprint density at radius 3 is 2.35 bits per heavy atom. The van der Waals surface area contributed by atoms with Crippen molar-refractivity contribution in [1.82, 2.24) is 0 Å². The average Bonchev–Trinajstić information content (AvgIpc) is 2.32. The minimum absolute atomic E-state index is 0.0502. The van der Waals surface area contributed by atoms with Crippen LogP contribution >= 0.6 is 0 Å². The van der Waals surface area contributed by atoms with E-state index >= 15 is 0 Å². The lowest BCUT2D eigenvalue weighted by molar-refractivity contribution is -0.688. The molecule has 17 heavy (non-hydrogen) atoms. The number of carbonyl (C=O) groups excluding carboxylic acids is 1. The highest BCUT2D eigenvalue weighted by molar-refractivity contribution is 5.88. The Morgan fingerprint density at radius 1 is 1.12 bits per heavy atom. The Balaban J connectivity index is 2.06. The molecule has 86 valence electrons. The van der Waals surface area contributed by atoms with Crippen LogP contribution in [-0.4, -0.2) is 5.91 Å².